The quantitative estimate of drug-likeness (QED) is 0.544. The number of fused-ring (bicyclic) bond motifs is 1. The molecule has 0 aliphatic rings. The number of benzene rings is 1. The van der Waals surface area contributed by atoms with Crippen molar-refractivity contribution in [2.45, 2.75) is 57.8 Å². The number of rotatable bonds is 11. The van der Waals surface area contributed by atoms with Crippen LogP contribution in [-0.2, 0) is 10.0 Å². The average molecular weight is 422 g/mol. The SMILES string of the molecule is CCCCCCCNC(=O)c1c[nH]c2ccc(S(=O)(=O)N(CC)CC)cc2c1=O. The first-order valence-corrected chi connectivity index (χ1v) is 11.7. The number of carbonyl (C=O) groups is 1. The molecule has 1 aromatic heterocycles. The molecule has 29 heavy (non-hydrogen) atoms. The molecule has 1 aromatic carbocycles. The molecule has 2 rings (SSSR count). The van der Waals surface area contributed by atoms with E-state index < -0.39 is 21.4 Å². The molecule has 1 amide bonds. The van der Waals surface area contributed by atoms with Gasteiger partial charge < -0.3 is 10.3 Å². The molecule has 0 radical (unpaired) electrons. The maximum atomic E-state index is 12.8. The Morgan fingerprint density at radius 1 is 1.07 bits per heavy atom. The van der Waals surface area contributed by atoms with Crippen molar-refractivity contribution in [1.29, 1.82) is 0 Å². The van der Waals surface area contributed by atoms with Crippen LogP contribution in [0.5, 0.6) is 0 Å². The Hall–Kier alpha value is -2.19. The van der Waals surface area contributed by atoms with E-state index in [1.807, 2.05) is 0 Å². The highest BCUT2D eigenvalue weighted by atomic mass is 32.2. The van der Waals surface area contributed by atoms with E-state index in [2.05, 4.69) is 17.2 Å². The molecule has 0 aliphatic carbocycles. The molecule has 0 atom stereocenters. The highest BCUT2D eigenvalue weighted by Crippen LogP contribution is 2.19. The fourth-order valence-electron chi connectivity index (χ4n) is 3.27. The van der Waals surface area contributed by atoms with Crippen molar-refractivity contribution < 1.29 is 13.2 Å². The summed E-state index contributed by atoms with van der Waals surface area (Å²) < 4.78 is 26.8. The van der Waals surface area contributed by atoms with Crippen LogP contribution in [0.2, 0.25) is 0 Å². The third kappa shape index (κ3) is 5.45. The summed E-state index contributed by atoms with van der Waals surface area (Å²) in [4.78, 5) is 28.2. The van der Waals surface area contributed by atoms with Crippen LogP contribution in [0.1, 0.15) is 63.2 Å². The van der Waals surface area contributed by atoms with Gasteiger partial charge >= 0.3 is 0 Å². The maximum Gasteiger partial charge on any atom is 0.256 e. The van der Waals surface area contributed by atoms with E-state index in [4.69, 9.17) is 0 Å². The first kappa shape index (κ1) is 23.1. The summed E-state index contributed by atoms with van der Waals surface area (Å²) in [5.41, 5.74) is 0.00638. The van der Waals surface area contributed by atoms with Crippen molar-refractivity contribution in [2.24, 2.45) is 0 Å². The predicted octanol–water partition coefficient (Wildman–Crippen LogP) is 3.26. The number of sulfonamides is 1. The zero-order valence-electron chi connectivity index (χ0n) is 17.5. The minimum Gasteiger partial charge on any atom is -0.360 e. The summed E-state index contributed by atoms with van der Waals surface area (Å²) in [5.74, 6) is -0.444. The lowest BCUT2D eigenvalue weighted by Gasteiger charge is -2.18. The number of aromatic nitrogens is 1. The van der Waals surface area contributed by atoms with E-state index in [0.29, 0.717) is 25.2 Å². The maximum absolute atomic E-state index is 12.8. The molecule has 0 spiro atoms. The second kappa shape index (κ2) is 10.5. The largest absolute Gasteiger partial charge is 0.360 e. The van der Waals surface area contributed by atoms with Crippen LogP contribution in [-0.4, -0.2) is 43.2 Å². The lowest BCUT2D eigenvalue weighted by molar-refractivity contribution is 0.0951. The lowest BCUT2D eigenvalue weighted by atomic mass is 10.1. The molecule has 0 bridgehead atoms. The normalized spacial score (nSPS) is 11.9. The molecule has 0 aliphatic heterocycles. The lowest BCUT2D eigenvalue weighted by Crippen LogP contribution is -2.31. The molecule has 0 fully saturated rings. The zero-order valence-corrected chi connectivity index (χ0v) is 18.3. The van der Waals surface area contributed by atoms with Gasteiger partial charge in [-0.05, 0) is 24.6 Å². The standard InChI is InChI=1S/C21H31N3O4S/c1-4-7-8-9-10-13-22-21(26)18-15-23-19-12-11-16(14-17(19)20(18)25)29(27,28)24(5-2)6-3/h11-12,14-15H,4-10,13H2,1-3H3,(H,22,26)(H,23,25). The molecule has 0 unspecified atom stereocenters. The monoisotopic (exact) mass is 421 g/mol. The Labute approximate surface area is 172 Å². The highest BCUT2D eigenvalue weighted by Gasteiger charge is 2.23. The molecule has 0 saturated carbocycles. The van der Waals surface area contributed by atoms with Crippen LogP contribution >= 0.6 is 0 Å². The molecule has 1 heterocycles. The van der Waals surface area contributed by atoms with Crippen molar-refractivity contribution in [1.82, 2.24) is 14.6 Å². The number of hydrogen-bond donors (Lipinski definition) is 2. The Balaban J connectivity index is 2.26. The van der Waals surface area contributed by atoms with Gasteiger partial charge in [-0.25, -0.2) is 8.42 Å². The summed E-state index contributed by atoms with van der Waals surface area (Å²) in [5, 5.41) is 2.97. The number of nitrogens with one attached hydrogen (secondary N) is 2. The number of nitrogens with zero attached hydrogens (tertiary/aromatic N) is 1. The van der Waals surface area contributed by atoms with E-state index in [-0.39, 0.29) is 15.8 Å². The van der Waals surface area contributed by atoms with E-state index in [1.165, 1.54) is 29.1 Å². The number of pyridine rings is 1. The number of aromatic amines is 1. The van der Waals surface area contributed by atoms with Gasteiger partial charge in [-0.15, -0.1) is 0 Å². The third-order valence-electron chi connectivity index (χ3n) is 5.01. The third-order valence-corrected chi connectivity index (χ3v) is 7.05. The molecule has 2 N–H and O–H groups in total. The van der Waals surface area contributed by atoms with E-state index in [1.54, 1.807) is 19.9 Å². The number of H-pyrrole nitrogens is 1. The van der Waals surface area contributed by atoms with Gasteiger partial charge in [-0.2, -0.15) is 4.31 Å². The summed E-state index contributed by atoms with van der Waals surface area (Å²) in [6.07, 6.45) is 6.75. The van der Waals surface area contributed by atoms with Gasteiger partial charge in [0, 0.05) is 36.7 Å². The van der Waals surface area contributed by atoms with Crippen LogP contribution in [0.4, 0.5) is 0 Å². The van der Waals surface area contributed by atoms with Crippen molar-refractivity contribution >= 4 is 26.8 Å². The summed E-state index contributed by atoms with van der Waals surface area (Å²) in [6, 6.07) is 4.38. The van der Waals surface area contributed by atoms with Crippen molar-refractivity contribution in [2.75, 3.05) is 19.6 Å². The number of unbranched alkanes of at least 4 members (excludes halogenated alkanes) is 4. The highest BCUT2D eigenvalue weighted by molar-refractivity contribution is 7.89. The number of hydrogen-bond acceptors (Lipinski definition) is 4. The minimum atomic E-state index is -3.69. The van der Waals surface area contributed by atoms with Gasteiger partial charge in [0.1, 0.15) is 5.56 Å². The number of carbonyl (C=O) groups excluding carboxylic acids is 1. The fraction of sp³-hybridized carbons (Fsp3) is 0.524. The predicted molar refractivity (Wildman–Crippen MR) is 116 cm³/mol. The molecular formula is C21H31N3O4S. The van der Waals surface area contributed by atoms with E-state index in [9.17, 15) is 18.0 Å². The summed E-state index contributed by atoms with van der Waals surface area (Å²) in [6.45, 7) is 6.86. The molecule has 2 aromatic rings. The van der Waals surface area contributed by atoms with Crippen molar-refractivity contribution in [3.63, 3.8) is 0 Å². The molecule has 8 heteroatoms. The molecule has 7 nitrogen and oxygen atoms in total. The van der Waals surface area contributed by atoms with Crippen molar-refractivity contribution in [3.8, 4) is 0 Å². The summed E-state index contributed by atoms with van der Waals surface area (Å²) in [7, 11) is -3.69. The molecular weight excluding hydrogens is 390 g/mol. The second-order valence-electron chi connectivity index (χ2n) is 7.00. The minimum absolute atomic E-state index is 0.0107. The van der Waals surface area contributed by atoms with Gasteiger partial charge in [0.15, 0.2) is 0 Å². The van der Waals surface area contributed by atoms with Crippen LogP contribution in [0.15, 0.2) is 34.1 Å². The van der Waals surface area contributed by atoms with Gasteiger partial charge in [0.05, 0.1) is 4.90 Å². The summed E-state index contributed by atoms with van der Waals surface area (Å²) >= 11 is 0. The fourth-order valence-corrected chi connectivity index (χ4v) is 4.75. The Bertz CT molecular complexity index is 995. The van der Waals surface area contributed by atoms with Crippen LogP contribution in [0.3, 0.4) is 0 Å². The van der Waals surface area contributed by atoms with Crippen molar-refractivity contribution in [3.05, 3.63) is 40.2 Å². The molecule has 0 saturated heterocycles. The van der Waals surface area contributed by atoms with Crippen LogP contribution in [0.25, 0.3) is 10.9 Å². The Kier molecular flexibility index (Phi) is 8.40. The number of amides is 1. The first-order chi connectivity index (χ1) is 13.9. The van der Waals surface area contributed by atoms with Crippen LogP contribution in [0, 0.1) is 0 Å². The zero-order chi connectivity index (χ0) is 21.4. The van der Waals surface area contributed by atoms with E-state index >= 15 is 0 Å². The topological polar surface area (TPSA) is 99.3 Å². The first-order valence-electron chi connectivity index (χ1n) is 10.3. The van der Waals surface area contributed by atoms with Gasteiger partial charge in [0.2, 0.25) is 15.5 Å². The van der Waals surface area contributed by atoms with Gasteiger partial charge in [-0.1, -0.05) is 46.5 Å². The average Bonchev–Trinajstić information content (AvgIpc) is 2.71. The van der Waals surface area contributed by atoms with Crippen LogP contribution < -0.4 is 10.7 Å². The Morgan fingerprint density at radius 2 is 1.76 bits per heavy atom. The van der Waals surface area contributed by atoms with E-state index in [0.717, 1.165) is 25.7 Å². The second-order valence-corrected chi connectivity index (χ2v) is 8.94. The van der Waals surface area contributed by atoms with Gasteiger partial charge in [0.25, 0.3) is 5.91 Å². The van der Waals surface area contributed by atoms with Gasteiger partial charge in [-0.3, -0.25) is 9.59 Å². The Morgan fingerprint density at radius 3 is 2.41 bits per heavy atom. The smallest absolute Gasteiger partial charge is 0.256 e. The molecule has 160 valence electrons.